The Labute approximate surface area is 170 Å². The van der Waals surface area contributed by atoms with Crippen LogP contribution >= 0.6 is 0 Å². The third kappa shape index (κ3) is 3.45. The number of fused-ring (bicyclic) bond motifs is 1. The van der Waals surface area contributed by atoms with E-state index in [1.807, 2.05) is 0 Å². The van der Waals surface area contributed by atoms with Crippen LogP contribution in [-0.2, 0) is 30.6 Å². The van der Waals surface area contributed by atoms with E-state index in [0.29, 0.717) is 10.7 Å². The van der Waals surface area contributed by atoms with Gasteiger partial charge in [-0.25, -0.2) is 8.42 Å². The molecule has 26 heavy (non-hydrogen) atoms. The van der Waals surface area contributed by atoms with Gasteiger partial charge in [-0.1, -0.05) is 0 Å². The van der Waals surface area contributed by atoms with Crippen LogP contribution in [0.4, 0.5) is 0 Å². The Morgan fingerprint density at radius 3 is 2.65 bits per heavy atom. The maximum Gasteiger partial charge on any atom is 1.00 e. The van der Waals surface area contributed by atoms with E-state index in [9.17, 15) is 33.0 Å². The van der Waals surface area contributed by atoms with Crippen molar-refractivity contribution in [3.63, 3.8) is 0 Å². The van der Waals surface area contributed by atoms with Crippen molar-refractivity contribution in [3.8, 4) is 0 Å². The fraction of sp³-hybridized carbons (Fsp3) is 0.357. The Balaban J connectivity index is 0.00000243. The zero-order chi connectivity index (χ0) is 18.4. The summed E-state index contributed by atoms with van der Waals surface area (Å²) >= 11 is 0. The van der Waals surface area contributed by atoms with Crippen LogP contribution in [0.15, 0.2) is 34.1 Å². The van der Waals surface area contributed by atoms with Crippen molar-refractivity contribution < 1.29 is 67.0 Å². The zero-order valence-electron chi connectivity index (χ0n) is 13.7. The van der Waals surface area contributed by atoms with Gasteiger partial charge in [-0.3, -0.25) is 14.5 Å². The van der Waals surface area contributed by atoms with E-state index in [0.717, 1.165) is 0 Å². The van der Waals surface area contributed by atoms with Gasteiger partial charge in [0.25, 0.3) is 5.91 Å². The standard InChI is InChI=1S/C14H14N2O8S.Na/c17-5-7-6-25(22,23)13-10(12(19)16(13)11(7)14(20)21)15-9(18)4-8-2-1-3-24-8;/h1-3,10,13,17H,4-6H2,(H,15,18)(H,20,21);/q;+1/p-1/t10-,13-;/m0./s1. The Morgan fingerprint density at radius 1 is 1.42 bits per heavy atom. The molecule has 1 saturated heterocycles. The van der Waals surface area contributed by atoms with E-state index in [1.54, 1.807) is 6.07 Å². The first-order valence-corrected chi connectivity index (χ1v) is 8.88. The van der Waals surface area contributed by atoms with Crippen LogP contribution in [0.1, 0.15) is 5.76 Å². The van der Waals surface area contributed by atoms with E-state index >= 15 is 0 Å². The third-order valence-corrected chi connectivity index (χ3v) is 5.95. The monoisotopic (exact) mass is 392 g/mol. The predicted molar refractivity (Wildman–Crippen MR) is 77.9 cm³/mol. The minimum Gasteiger partial charge on any atom is -0.543 e. The number of hydrogen-bond donors (Lipinski definition) is 2. The van der Waals surface area contributed by atoms with E-state index < -0.39 is 57.1 Å². The molecule has 134 valence electrons. The Kier molecular flexibility index (Phi) is 5.98. The van der Waals surface area contributed by atoms with Crippen molar-refractivity contribution in [1.29, 1.82) is 0 Å². The molecule has 0 aromatic carbocycles. The molecule has 0 spiro atoms. The predicted octanol–water partition coefficient (Wildman–Crippen LogP) is -6.10. The van der Waals surface area contributed by atoms with E-state index in [1.165, 1.54) is 12.3 Å². The summed E-state index contributed by atoms with van der Waals surface area (Å²) in [5.74, 6) is -3.71. The van der Waals surface area contributed by atoms with Crippen LogP contribution in [0.3, 0.4) is 0 Å². The molecule has 12 heteroatoms. The molecule has 1 aromatic rings. The third-order valence-electron chi connectivity index (χ3n) is 3.98. The van der Waals surface area contributed by atoms with Crippen LogP contribution in [0.25, 0.3) is 0 Å². The SMILES string of the molecule is O=C(Cc1ccco1)N[C@H]1C(=O)N2C(C(=O)[O-])=C(CO)CS(=O)(=O)[C@@H]12.[Na+]. The van der Waals surface area contributed by atoms with Gasteiger partial charge in [0, 0.05) is 0 Å². The van der Waals surface area contributed by atoms with Crippen molar-refractivity contribution in [2.45, 2.75) is 17.8 Å². The number of carboxylic acid groups (broad SMARTS) is 1. The van der Waals surface area contributed by atoms with Gasteiger partial charge in [0.1, 0.15) is 11.8 Å². The number of rotatable bonds is 5. The first-order chi connectivity index (χ1) is 11.8. The number of hydrogen-bond acceptors (Lipinski definition) is 8. The van der Waals surface area contributed by atoms with Gasteiger partial charge in [0.2, 0.25) is 5.91 Å². The molecule has 0 bridgehead atoms. The van der Waals surface area contributed by atoms with Crippen LogP contribution < -0.4 is 40.0 Å². The molecule has 0 unspecified atom stereocenters. The minimum absolute atomic E-state index is 0. The molecule has 2 atom stereocenters. The number of amides is 2. The van der Waals surface area contributed by atoms with Crippen molar-refractivity contribution in [2.75, 3.05) is 12.4 Å². The van der Waals surface area contributed by atoms with Gasteiger partial charge >= 0.3 is 29.6 Å². The summed E-state index contributed by atoms with van der Waals surface area (Å²) in [6.07, 6.45) is 1.16. The topological polar surface area (TPSA) is 157 Å². The molecule has 10 nitrogen and oxygen atoms in total. The molecule has 3 rings (SSSR count). The van der Waals surface area contributed by atoms with Gasteiger partial charge in [-0.15, -0.1) is 0 Å². The minimum atomic E-state index is -3.98. The van der Waals surface area contributed by atoms with Crippen LogP contribution in [0, 0.1) is 0 Å². The van der Waals surface area contributed by atoms with Gasteiger partial charge in [0.05, 0.1) is 36.7 Å². The van der Waals surface area contributed by atoms with E-state index in [2.05, 4.69) is 5.32 Å². The van der Waals surface area contributed by atoms with Crippen LogP contribution in [-0.4, -0.2) is 60.0 Å². The number of furan rings is 1. The number of nitrogens with zero attached hydrogens (tertiary/aromatic N) is 1. The first-order valence-electron chi connectivity index (χ1n) is 7.17. The van der Waals surface area contributed by atoms with Gasteiger partial charge < -0.3 is 24.7 Å². The molecule has 2 N–H and O–H groups in total. The fourth-order valence-electron chi connectivity index (χ4n) is 2.93. The number of carbonyl (C=O) groups excluding carboxylic acids is 3. The fourth-order valence-corrected chi connectivity index (χ4v) is 4.94. The number of β-lactam (4-membered cyclic amide) rings is 1. The Morgan fingerprint density at radius 2 is 2.12 bits per heavy atom. The molecule has 0 saturated carbocycles. The summed E-state index contributed by atoms with van der Waals surface area (Å²) in [6, 6.07) is 1.70. The average molecular weight is 392 g/mol. The zero-order valence-corrected chi connectivity index (χ0v) is 16.5. The molecular formula is C14H13N2NaO8S. The molecule has 1 aromatic heterocycles. The number of aliphatic hydroxyl groups excluding tert-OH is 1. The van der Waals surface area contributed by atoms with Crippen molar-refractivity contribution in [1.82, 2.24) is 10.2 Å². The second kappa shape index (κ2) is 7.53. The summed E-state index contributed by atoms with van der Waals surface area (Å²) in [7, 11) is -3.98. The van der Waals surface area contributed by atoms with Gasteiger partial charge in [-0.2, -0.15) is 0 Å². The van der Waals surface area contributed by atoms with Gasteiger partial charge in [-0.05, 0) is 17.7 Å². The maximum absolute atomic E-state index is 12.3. The largest absolute Gasteiger partial charge is 1.00 e. The first kappa shape index (κ1) is 20.6. The second-order valence-corrected chi connectivity index (χ2v) is 7.70. The molecule has 3 heterocycles. The molecule has 1 fully saturated rings. The number of nitrogens with one attached hydrogen (secondary N) is 1. The number of carbonyl (C=O) groups is 3. The quantitative estimate of drug-likeness (QED) is 0.370. The summed E-state index contributed by atoms with van der Waals surface area (Å²) in [4.78, 5) is 36.0. The van der Waals surface area contributed by atoms with Crippen LogP contribution in [0.5, 0.6) is 0 Å². The molecular weight excluding hydrogens is 379 g/mol. The summed E-state index contributed by atoms with van der Waals surface area (Å²) < 4.78 is 29.6. The number of aliphatic carboxylic acids is 1. The number of carboxylic acids is 1. The second-order valence-electron chi connectivity index (χ2n) is 5.61. The normalized spacial score (nSPS) is 23.6. The Bertz CT molecular complexity index is 877. The van der Waals surface area contributed by atoms with Crippen molar-refractivity contribution in [2.24, 2.45) is 0 Å². The van der Waals surface area contributed by atoms with Gasteiger partial charge in [0.15, 0.2) is 15.2 Å². The Hall–Kier alpha value is -1.66. The van der Waals surface area contributed by atoms with E-state index in [-0.39, 0.29) is 41.6 Å². The maximum atomic E-state index is 12.3. The molecule has 2 aliphatic rings. The van der Waals surface area contributed by atoms with Crippen molar-refractivity contribution in [3.05, 3.63) is 35.4 Å². The molecule has 2 aliphatic heterocycles. The summed E-state index contributed by atoms with van der Waals surface area (Å²) in [6.45, 7) is -0.839. The summed E-state index contributed by atoms with van der Waals surface area (Å²) in [5.41, 5.74) is -0.992. The van der Waals surface area contributed by atoms with Crippen LogP contribution in [0.2, 0.25) is 0 Å². The molecule has 0 aliphatic carbocycles. The summed E-state index contributed by atoms with van der Waals surface area (Å²) in [5, 5.41) is 21.2. The average Bonchev–Trinajstić information content (AvgIpc) is 3.03. The number of aliphatic hydroxyl groups is 1. The van der Waals surface area contributed by atoms with E-state index in [4.69, 9.17) is 4.42 Å². The van der Waals surface area contributed by atoms with Crippen molar-refractivity contribution >= 4 is 27.6 Å². The smallest absolute Gasteiger partial charge is 0.543 e. The number of sulfone groups is 1. The molecule has 2 amide bonds. The molecule has 0 radical (unpaired) electrons.